The molecule has 0 aliphatic heterocycles. The van der Waals surface area contributed by atoms with E-state index in [1.54, 1.807) is 36.5 Å². The van der Waals surface area contributed by atoms with Crippen LogP contribution in [0.4, 0.5) is 10.1 Å². The Labute approximate surface area is 158 Å². The van der Waals surface area contributed by atoms with Crippen LogP contribution in [0.5, 0.6) is 5.75 Å². The van der Waals surface area contributed by atoms with Gasteiger partial charge >= 0.3 is 0 Å². The Morgan fingerprint density at radius 2 is 1.85 bits per heavy atom. The monoisotopic (exact) mass is 388 g/mol. The fraction of sp³-hybridized carbons (Fsp3) is 0.250. The molecule has 0 amide bonds. The highest BCUT2D eigenvalue weighted by atomic mass is 32.2. The molecule has 1 heterocycles. The van der Waals surface area contributed by atoms with Crippen molar-refractivity contribution in [1.82, 2.24) is 4.98 Å². The number of hydrogen-bond donors (Lipinski definition) is 0. The highest BCUT2D eigenvalue weighted by Crippen LogP contribution is 2.25. The maximum Gasteiger partial charge on any atom is 0.175 e. The molecule has 0 aliphatic carbocycles. The summed E-state index contributed by atoms with van der Waals surface area (Å²) in [6, 6.07) is 12.9. The Kier molecular flexibility index (Phi) is 5.60. The molecule has 0 atom stereocenters. The summed E-state index contributed by atoms with van der Waals surface area (Å²) in [5.74, 6) is 0.333. The first-order valence-electron chi connectivity index (χ1n) is 8.53. The maximum atomic E-state index is 13.4. The van der Waals surface area contributed by atoms with Crippen LogP contribution in [-0.2, 0) is 9.84 Å². The van der Waals surface area contributed by atoms with Crippen LogP contribution >= 0.6 is 0 Å². The summed E-state index contributed by atoms with van der Waals surface area (Å²) in [6.07, 6.45) is 3.62. The summed E-state index contributed by atoms with van der Waals surface area (Å²) in [5, 5.41) is 0.902. The van der Waals surface area contributed by atoms with Gasteiger partial charge in [-0.3, -0.25) is 4.98 Å². The second kappa shape index (κ2) is 7.92. The van der Waals surface area contributed by atoms with Gasteiger partial charge in [0.1, 0.15) is 11.6 Å². The zero-order chi connectivity index (χ0) is 19.4. The number of anilines is 1. The highest BCUT2D eigenvalue weighted by Gasteiger charge is 2.09. The summed E-state index contributed by atoms with van der Waals surface area (Å²) in [6.45, 7) is 1.25. The van der Waals surface area contributed by atoms with E-state index in [2.05, 4.69) is 9.88 Å². The molecule has 0 bridgehead atoms. The average molecular weight is 388 g/mol. The fourth-order valence-corrected chi connectivity index (χ4v) is 3.46. The third-order valence-corrected chi connectivity index (χ3v) is 5.38. The molecule has 3 rings (SSSR count). The number of nitrogens with zero attached hydrogens (tertiary/aromatic N) is 2. The lowest BCUT2D eigenvalue weighted by molar-refractivity contribution is 0.312. The molecule has 0 N–H and O–H groups in total. The van der Waals surface area contributed by atoms with Crippen LogP contribution in [0.2, 0.25) is 0 Å². The van der Waals surface area contributed by atoms with Gasteiger partial charge in [0, 0.05) is 43.2 Å². The Morgan fingerprint density at radius 1 is 1.11 bits per heavy atom. The molecule has 0 fully saturated rings. The van der Waals surface area contributed by atoms with Gasteiger partial charge in [-0.1, -0.05) is 0 Å². The molecule has 0 aliphatic rings. The summed E-state index contributed by atoms with van der Waals surface area (Å²) in [7, 11) is -1.23. The molecule has 0 spiro atoms. The van der Waals surface area contributed by atoms with Crippen molar-refractivity contribution >= 4 is 26.4 Å². The number of fused-ring (bicyclic) bond motifs is 1. The molecule has 1 aromatic heterocycles. The lowest BCUT2D eigenvalue weighted by atomic mass is 10.1. The van der Waals surface area contributed by atoms with Gasteiger partial charge in [0.15, 0.2) is 9.84 Å². The van der Waals surface area contributed by atoms with Crippen LogP contribution in [0.3, 0.4) is 0 Å². The summed E-state index contributed by atoms with van der Waals surface area (Å²) < 4.78 is 42.0. The first kappa shape index (κ1) is 19.1. The molecule has 5 nitrogen and oxygen atoms in total. The molecule has 7 heteroatoms. The van der Waals surface area contributed by atoms with E-state index >= 15 is 0 Å². The number of aromatic nitrogens is 1. The van der Waals surface area contributed by atoms with E-state index < -0.39 is 9.84 Å². The van der Waals surface area contributed by atoms with Crippen molar-refractivity contribution in [1.29, 1.82) is 0 Å². The van der Waals surface area contributed by atoms with Crippen molar-refractivity contribution in [3.05, 3.63) is 60.5 Å². The van der Waals surface area contributed by atoms with E-state index in [1.165, 1.54) is 18.4 Å². The predicted molar refractivity (Wildman–Crippen MR) is 105 cm³/mol. The van der Waals surface area contributed by atoms with Gasteiger partial charge in [-0.05, 0) is 48.9 Å². The zero-order valence-electron chi connectivity index (χ0n) is 15.2. The molecule has 142 valence electrons. The molecule has 2 aromatic carbocycles. The van der Waals surface area contributed by atoms with Crippen molar-refractivity contribution < 1.29 is 17.5 Å². The quantitative estimate of drug-likeness (QED) is 0.578. The van der Waals surface area contributed by atoms with Gasteiger partial charge in [-0.2, -0.15) is 0 Å². The van der Waals surface area contributed by atoms with Crippen LogP contribution in [0, 0.1) is 5.82 Å². The van der Waals surface area contributed by atoms with Gasteiger partial charge in [0.05, 0.1) is 17.0 Å². The average Bonchev–Trinajstić information content (AvgIpc) is 2.64. The normalized spacial score (nSPS) is 11.5. The molecule has 0 saturated carbocycles. The molecule has 0 unspecified atom stereocenters. The molecule has 0 radical (unpaired) electrons. The van der Waals surface area contributed by atoms with Crippen LogP contribution in [0.15, 0.2) is 59.6 Å². The SMILES string of the molecule is CN(CCCOc1ccc(S(C)(=O)=O)cc1)c1ccnc2cc(F)ccc12. The lowest BCUT2D eigenvalue weighted by Crippen LogP contribution is -2.20. The molecular formula is C20H21FN2O3S. The lowest BCUT2D eigenvalue weighted by Gasteiger charge is -2.21. The molecule has 27 heavy (non-hydrogen) atoms. The van der Waals surface area contributed by atoms with Gasteiger partial charge in [-0.25, -0.2) is 12.8 Å². The second-order valence-corrected chi connectivity index (χ2v) is 8.37. The molecule has 3 aromatic rings. The van der Waals surface area contributed by atoms with Crippen LogP contribution in [0.1, 0.15) is 6.42 Å². The minimum Gasteiger partial charge on any atom is -0.494 e. The van der Waals surface area contributed by atoms with Gasteiger partial charge < -0.3 is 9.64 Å². The van der Waals surface area contributed by atoms with Crippen LogP contribution in [0.25, 0.3) is 10.9 Å². The van der Waals surface area contributed by atoms with E-state index in [1.807, 2.05) is 13.1 Å². The minimum absolute atomic E-state index is 0.274. The van der Waals surface area contributed by atoms with Crippen LogP contribution in [-0.4, -0.2) is 39.9 Å². The van der Waals surface area contributed by atoms with Gasteiger partial charge in [-0.15, -0.1) is 0 Å². The van der Waals surface area contributed by atoms with Crippen molar-refractivity contribution in [2.75, 3.05) is 31.4 Å². The third-order valence-electron chi connectivity index (χ3n) is 4.25. The number of halogens is 1. The molecule has 0 saturated heterocycles. The number of pyridine rings is 1. The zero-order valence-corrected chi connectivity index (χ0v) is 16.0. The largest absolute Gasteiger partial charge is 0.494 e. The van der Waals surface area contributed by atoms with Gasteiger partial charge in [0.25, 0.3) is 0 Å². The number of benzene rings is 2. The minimum atomic E-state index is -3.20. The third kappa shape index (κ3) is 4.74. The Balaban J connectivity index is 1.56. The fourth-order valence-electron chi connectivity index (χ4n) is 2.83. The van der Waals surface area contributed by atoms with E-state index in [0.29, 0.717) is 17.9 Å². The van der Waals surface area contributed by atoms with Crippen molar-refractivity contribution in [2.24, 2.45) is 0 Å². The first-order valence-corrected chi connectivity index (χ1v) is 10.4. The smallest absolute Gasteiger partial charge is 0.175 e. The topological polar surface area (TPSA) is 59.5 Å². The number of ether oxygens (including phenoxy) is 1. The van der Waals surface area contributed by atoms with E-state index in [-0.39, 0.29) is 10.7 Å². The Hall–Kier alpha value is -2.67. The number of sulfone groups is 1. The first-order chi connectivity index (χ1) is 12.8. The molecular weight excluding hydrogens is 367 g/mol. The summed E-state index contributed by atoms with van der Waals surface area (Å²) >= 11 is 0. The Bertz CT molecular complexity index is 1040. The number of rotatable bonds is 7. The van der Waals surface area contributed by atoms with E-state index in [9.17, 15) is 12.8 Å². The number of hydrogen-bond acceptors (Lipinski definition) is 5. The Morgan fingerprint density at radius 3 is 2.56 bits per heavy atom. The maximum absolute atomic E-state index is 13.4. The van der Waals surface area contributed by atoms with Crippen molar-refractivity contribution in [2.45, 2.75) is 11.3 Å². The second-order valence-electron chi connectivity index (χ2n) is 6.36. The standard InChI is InChI=1S/C20H21FN2O3S/c1-23(20-10-11-22-19-14-15(21)4-9-18(19)20)12-3-13-26-16-5-7-17(8-6-16)27(2,24)25/h4-11,14H,3,12-13H2,1-2H3. The predicted octanol–water partition coefficient (Wildman–Crippen LogP) is 3.68. The van der Waals surface area contributed by atoms with Crippen molar-refractivity contribution in [3.8, 4) is 5.75 Å². The van der Waals surface area contributed by atoms with E-state index in [4.69, 9.17) is 4.74 Å². The summed E-state index contributed by atoms with van der Waals surface area (Å²) in [4.78, 5) is 6.57. The van der Waals surface area contributed by atoms with E-state index in [0.717, 1.165) is 24.0 Å². The van der Waals surface area contributed by atoms with Crippen LogP contribution < -0.4 is 9.64 Å². The van der Waals surface area contributed by atoms with Crippen molar-refractivity contribution in [3.63, 3.8) is 0 Å². The summed E-state index contributed by atoms with van der Waals surface area (Å²) in [5.41, 5.74) is 1.61. The highest BCUT2D eigenvalue weighted by molar-refractivity contribution is 7.90. The van der Waals surface area contributed by atoms with Gasteiger partial charge in [0.2, 0.25) is 0 Å².